The molecule has 0 fully saturated rings. The summed E-state index contributed by atoms with van der Waals surface area (Å²) in [6.45, 7) is 2.11. The van der Waals surface area contributed by atoms with Gasteiger partial charge in [-0.25, -0.2) is 9.78 Å². The Balaban J connectivity index is 1.82. The molecule has 0 aliphatic carbocycles. The van der Waals surface area contributed by atoms with Gasteiger partial charge in [-0.3, -0.25) is 5.43 Å². The molecule has 31 heavy (non-hydrogen) atoms. The van der Waals surface area contributed by atoms with Crippen molar-refractivity contribution in [3.05, 3.63) is 69.6 Å². The van der Waals surface area contributed by atoms with Crippen molar-refractivity contribution in [2.75, 3.05) is 19.6 Å². The van der Waals surface area contributed by atoms with Crippen molar-refractivity contribution in [1.82, 2.24) is 4.98 Å². The fourth-order valence-corrected chi connectivity index (χ4v) is 3.11. The van der Waals surface area contributed by atoms with Gasteiger partial charge in [0.2, 0.25) is 0 Å². The molecule has 3 rings (SSSR count). The Bertz CT molecular complexity index is 1180. The lowest BCUT2D eigenvalue weighted by molar-refractivity contribution is 0.0601. The summed E-state index contributed by atoms with van der Waals surface area (Å²) in [6, 6.07) is 12.1. The summed E-state index contributed by atoms with van der Waals surface area (Å²) in [4.78, 5) is 16.1. The number of ether oxygens (including phenoxy) is 2. The second kappa shape index (κ2) is 9.89. The van der Waals surface area contributed by atoms with Crippen LogP contribution in [0.5, 0.6) is 0 Å². The zero-order chi connectivity index (χ0) is 22.4. The SMILES string of the molecule is COCc1cc(C)nc(N/N=C/c2ccc(-c3cc(C(=O)OC)ccc3Cl)o2)c1C#N. The Labute approximate surface area is 184 Å². The lowest BCUT2D eigenvalue weighted by Crippen LogP contribution is -2.03. The average Bonchev–Trinajstić information content (AvgIpc) is 3.22. The fraction of sp³-hybridized carbons (Fsp3) is 0.182. The minimum atomic E-state index is -0.470. The van der Waals surface area contributed by atoms with Crippen LogP contribution in [0.3, 0.4) is 0 Å². The largest absolute Gasteiger partial charge is 0.465 e. The number of hydrogen-bond acceptors (Lipinski definition) is 8. The quantitative estimate of drug-likeness (QED) is 0.327. The number of hydrogen-bond donors (Lipinski definition) is 1. The van der Waals surface area contributed by atoms with Crippen LogP contribution in [0.2, 0.25) is 5.02 Å². The van der Waals surface area contributed by atoms with Crippen LogP contribution in [-0.2, 0) is 16.1 Å². The van der Waals surface area contributed by atoms with E-state index in [-0.39, 0.29) is 6.61 Å². The smallest absolute Gasteiger partial charge is 0.337 e. The van der Waals surface area contributed by atoms with E-state index >= 15 is 0 Å². The van der Waals surface area contributed by atoms with Crippen molar-refractivity contribution in [1.29, 1.82) is 5.26 Å². The molecule has 0 unspecified atom stereocenters. The number of aromatic nitrogens is 1. The van der Waals surface area contributed by atoms with Crippen LogP contribution in [0.15, 0.2) is 45.9 Å². The van der Waals surface area contributed by atoms with Gasteiger partial charge in [-0.05, 0) is 43.3 Å². The monoisotopic (exact) mass is 438 g/mol. The number of pyridine rings is 1. The Morgan fingerprint density at radius 2 is 2.13 bits per heavy atom. The first-order chi connectivity index (χ1) is 15.0. The lowest BCUT2D eigenvalue weighted by atomic mass is 10.1. The second-order valence-corrected chi connectivity index (χ2v) is 6.86. The summed E-state index contributed by atoms with van der Waals surface area (Å²) in [5.74, 6) is 0.755. The van der Waals surface area contributed by atoms with E-state index in [0.717, 1.165) is 11.3 Å². The van der Waals surface area contributed by atoms with Crippen molar-refractivity contribution < 1.29 is 18.7 Å². The molecule has 0 aliphatic heterocycles. The van der Waals surface area contributed by atoms with Gasteiger partial charge in [0.1, 0.15) is 23.2 Å². The third-order valence-corrected chi connectivity index (χ3v) is 4.61. The fourth-order valence-electron chi connectivity index (χ4n) is 2.90. The van der Waals surface area contributed by atoms with Gasteiger partial charge in [-0.1, -0.05) is 11.6 Å². The summed E-state index contributed by atoms with van der Waals surface area (Å²) in [6.07, 6.45) is 1.45. The number of halogens is 1. The number of carbonyl (C=O) groups is 1. The number of nitrogens with one attached hydrogen (secondary N) is 1. The van der Waals surface area contributed by atoms with Crippen LogP contribution >= 0.6 is 11.6 Å². The van der Waals surface area contributed by atoms with Gasteiger partial charge in [0.15, 0.2) is 5.82 Å². The van der Waals surface area contributed by atoms with Crippen molar-refractivity contribution in [3.63, 3.8) is 0 Å². The number of methoxy groups -OCH3 is 2. The highest BCUT2D eigenvalue weighted by atomic mass is 35.5. The molecule has 0 saturated carbocycles. The van der Waals surface area contributed by atoms with Crippen LogP contribution in [0.4, 0.5) is 5.82 Å². The van der Waals surface area contributed by atoms with E-state index in [0.29, 0.717) is 39.1 Å². The van der Waals surface area contributed by atoms with Crippen LogP contribution in [-0.4, -0.2) is 31.4 Å². The molecular weight excluding hydrogens is 420 g/mol. The van der Waals surface area contributed by atoms with E-state index in [1.165, 1.54) is 13.3 Å². The van der Waals surface area contributed by atoms with Crippen molar-refractivity contribution in [3.8, 4) is 17.4 Å². The normalized spacial score (nSPS) is 10.8. The molecule has 1 N–H and O–H groups in total. The predicted octanol–water partition coefficient (Wildman–Crippen LogP) is 4.55. The first-order valence-electron chi connectivity index (χ1n) is 9.13. The number of rotatable bonds is 7. The third-order valence-electron chi connectivity index (χ3n) is 4.28. The number of carbonyl (C=O) groups excluding carboxylic acids is 1. The van der Waals surface area contributed by atoms with Crippen LogP contribution in [0.1, 0.15) is 32.9 Å². The van der Waals surface area contributed by atoms with E-state index in [9.17, 15) is 10.1 Å². The number of anilines is 1. The highest BCUT2D eigenvalue weighted by molar-refractivity contribution is 6.33. The molecule has 9 heteroatoms. The van der Waals surface area contributed by atoms with Gasteiger partial charge >= 0.3 is 5.97 Å². The van der Waals surface area contributed by atoms with Gasteiger partial charge in [0.05, 0.1) is 30.5 Å². The third kappa shape index (κ3) is 5.09. The van der Waals surface area contributed by atoms with Gasteiger partial charge in [-0.2, -0.15) is 10.4 Å². The molecule has 0 atom stereocenters. The number of aryl methyl sites for hydroxylation is 1. The zero-order valence-electron chi connectivity index (χ0n) is 17.1. The summed E-state index contributed by atoms with van der Waals surface area (Å²) < 4.78 is 15.6. The molecule has 158 valence electrons. The molecule has 0 aliphatic rings. The zero-order valence-corrected chi connectivity index (χ0v) is 17.9. The van der Waals surface area contributed by atoms with Gasteiger partial charge in [0, 0.05) is 23.9 Å². The minimum Gasteiger partial charge on any atom is -0.465 e. The molecule has 2 aromatic heterocycles. The molecule has 0 spiro atoms. The van der Waals surface area contributed by atoms with Crippen molar-refractivity contribution in [2.45, 2.75) is 13.5 Å². The predicted molar refractivity (Wildman–Crippen MR) is 116 cm³/mol. The molecule has 0 bridgehead atoms. The molecule has 1 aromatic carbocycles. The highest BCUT2D eigenvalue weighted by Crippen LogP contribution is 2.30. The molecule has 0 amide bonds. The summed E-state index contributed by atoms with van der Waals surface area (Å²) in [5, 5.41) is 14.0. The molecule has 2 heterocycles. The number of nitriles is 1. The average molecular weight is 439 g/mol. The van der Waals surface area contributed by atoms with Crippen molar-refractivity contribution in [2.24, 2.45) is 5.10 Å². The van der Waals surface area contributed by atoms with Gasteiger partial charge in [-0.15, -0.1) is 0 Å². The Morgan fingerprint density at radius 1 is 1.32 bits per heavy atom. The number of nitrogens with zero attached hydrogens (tertiary/aromatic N) is 3. The maximum atomic E-state index is 11.8. The number of benzene rings is 1. The van der Waals surface area contributed by atoms with Gasteiger partial charge < -0.3 is 13.9 Å². The number of hydrazone groups is 1. The van der Waals surface area contributed by atoms with Crippen molar-refractivity contribution >= 4 is 29.6 Å². The maximum Gasteiger partial charge on any atom is 0.337 e. The standard InChI is InChI=1S/C22H19ClN4O4/c1-13-8-15(12-29-2)18(10-24)21(26-13)27-25-11-16-5-7-20(31-16)17-9-14(22(28)30-3)4-6-19(17)23/h4-9,11H,12H2,1-3H3,(H,26,27)/b25-11+. The summed E-state index contributed by atoms with van der Waals surface area (Å²) in [5.41, 5.74) is 5.49. The topological polar surface area (TPSA) is 110 Å². The van der Waals surface area contributed by atoms with E-state index in [4.69, 9.17) is 25.5 Å². The van der Waals surface area contributed by atoms with E-state index in [1.807, 2.05) is 6.92 Å². The highest BCUT2D eigenvalue weighted by Gasteiger charge is 2.14. The molecule has 3 aromatic rings. The summed E-state index contributed by atoms with van der Waals surface area (Å²) in [7, 11) is 2.87. The second-order valence-electron chi connectivity index (χ2n) is 6.45. The van der Waals surface area contributed by atoms with E-state index in [2.05, 4.69) is 21.6 Å². The lowest BCUT2D eigenvalue weighted by Gasteiger charge is -2.08. The van der Waals surface area contributed by atoms with Crippen LogP contribution < -0.4 is 5.43 Å². The molecule has 0 saturated heterocycles. The maximum absolute atomic E-state index is 11.8. The Kier molecular flexibility index (Phi) is 7.03. The first-order valence-corrected chi connectivity index (χ1v) is 9.51. The minimum absolute atomic E-state index is 0.289. The number of esters is 1. The van der Waals surface area contributed by atoms with Crippen LogP contribution in [0, 0.1) is 18.3 Å². The van der Waals surface area contributed by atoms with E-state index in [1.54, 1.807) is 43.5 Å². The van der Waals surface area contributed by atoms with Crippen LogP contribution in [0.25, 0.3) is 11.3 Å². The van der Waals surface area contributed by atoms with E-state index < -0.39 is 5.97 Å². The van der Waals surface area contributed by atoms with Gasteiger partial charge in [0.25, 0.3) is 0 Å². The first kappa shape index (κ1) is 22.0. The molecule has 0 radical (unpaired) electrons. The number of furan rings is 1. The Morgan fingerprint density at radius 3 is 2.84 bits per heavy atom. The summed E-state index contributed by atoms with van der Waals surface area (Å²) >= 11 is 6.25. The Hall–Kier alpha value is -3.67. The molecule has 8 nitrogen and oxygen atoms in total. The molecular formula is C22H19ClN4O4.